The van der Waals surface area contributed by atoms with Gasteiger partial charge in [0.15, 0.2) is 0 Å². The molecule has 5 nitrogen and oxygen atoms in total. The Hall–Kier alpha value is -0.750. The molecule has 0 saturated carbocycles. The Kier molecular flexibility index (Phi) is 4.61. The molecule has 1 rings (SSSR count). The van der Waals surface area contributed by atoms with Crippen LogP contribution in [-0.2, 0) is 4.79 Å². The summed E-state index contributed by atoms with van der Waals surface area (Å²) in [5, 5.41) is 14.6. The second kappa shape index (κ2) is 5.54. The molecule has 16 heavy (non-hydrogen) atoms. The zero-order chi connectivity index (χ0) is 12.2. The lowest BCUT2D eigenvalue weighted by Crippen LogP contribution is -2.55. The molecule has 1 aliphatic rings. The van der Waals surface area contributed by atoms with E-state index in [0.717, 1.165) is 11.8 Å². The standard InChI is InChI=1S/C10H18N2O3S/c1-3-10(4-2,6-13)12-8(14)7-5-16-9(15)11-7/h7,13H,3-6H2,1-2H3,(H,11,15)(H,12,14). The first-order valence-electron chi connectivity index (χ1n) is 5.43. The highest BCUT2D eigenvalue weighted by Crippen LogP contribution is 2.17. The van der Waals surface area contributed by atoms with Gasteiger partial charge in [-0.2, -0.15) is 0 Å². The van der Waals surface area contributed by atoms with Gasteiger partial charge < -0.3 is 15.7 Å². The molecule has 0 aromatic heterocycles. The molecule has 1 fully saturated rings. The van der Waals surface area contributed by atoms with Crippen molar-refractivity contribution in [3.05, 3.63) is 0 Å². The number of hydrogen-bond donors (Lipinski definition) is 3. The molecule has 1 atom stereocenters. The predicted octanol–water partition coefficient (Wildman–Crippen LogP) is 0.479. The zero-order valence-corrected chi connectivity index (χ0v) is 10.4. The molecule has 1 heterocycles. The quantitative estimate of drug-likeness (QED) is 0.659. The SMILES string of the molecule is CCC(CC)(CO)NC(=O)C1CSC(=O)N1. The first kappa shape index (κ1) is 13.3. The van der Waals surface area contributed by atoms with Crippen LogP contribution in [0.15, 0.2) is 0 Å². The third-order valence-electron chi connectivity index (χ3n) is 3.03. The number of hydrogen-bond acceptors (Lipinski definition) is 4. The van der Waals surface area contributed by atoms with Gasteiger partial charge in [-0.1, -0.05) is 25.6 Å². The summed E-state index contributed by atoms with van der Waals surface area (Å²) in [5.41, 5.74) is -0.560. The Morgan fingerprint density at radius 3 is 2.62 bits per heavy atom. The largest absolute Gasteiger partial charge is 0.394 e. The molecule has 0 bridgehead atoms. The number of rotatable bonds is 5. The van der Waals surface area contributed by atoms with E-state index in [4.69, 9.17) is 0 Å². The summed E-state index contributed by atoms with van der Waals surface area (Å²) in [4.78, 5) is 22.8. The van der Waals surface area contributed by atoms with Gasteiger partial charge in [-0.3, -0.25) is 9.59 Å². The van der Waals surface area contributed by atoms with E-state index < -0.39 is 11.6 Å². The summed E-state index contributed by atoms with van der Waals surface area (Å²) in [7, 11) is 0. The van der Waals surface area contributed by atoms with E-state index in [-0.39, 0.29) is 17.8 Å². The first-order valence-corrected chi connectivity index (χ1v) is 6.41. The summed E-state index contributed by atoms with van der Waals surface area (Å²) in [6, 6.07) is -0.471. The average Bonchev–Trinajstić information content (AvgIpc) is 2.73. The van der Waals surface area contributed by atoms with Crippen molar-refractivity contribution < 1.29 is 14.7 Å². The second-order valence-electron chi connectivity index (χ2n) is 3.93. The molecule has 3 N–H and O–H groups in total. The Morgan fingerprint density at radius 1 is 1.62 bits per heavy atom. The topological polar surface area (TPSA) is 78.4 Å². The van der Waals surface area contributed by atoms with Gasteiger partial charge in [0.05, 0.1) is 12.1 Å². The van der Waals surface area contributed by atoms with Crippen LogP contribution >= 0.6 is 11.8 Å². The molecule has 0 spiro atoms. The predicted molar refractivity (Wildman–Crippen MR) is 63.3 cm³/mol. The third kappa shape index (κ3) is 2.89. The monoisotopic (exact) mass is 246 g/mol. The van der Waals surface area contributed by atoms with Gasteiger partial charge in [0.1, 0.15) is 6.04 Å². The lowest BCUT2D eigenvalue weighted by molar-refractivity contribution is -0.125. The molecule has 0 aliphatic carbocycles. The first-order chi connectivity index (χ1) is 7.56. The van der Waals surface area contributed by atoms with Crippen LogP contribution in [-0.4, -0.2) is 40.2 Å². The van der Waals surface area contributed by atoms with E-state index in [2.05, 4.69) is 10.6 Å². The fourth-order valence-electron chi connectivity index (χ4n) is 1.56. The Balaban J connectivity index is 2.58. The maximum Gasteiger partial charge on any atom is 0.279 e. The molecule has 6 heteroatoms. The second-order valence-corrected chi connectivity index (χ2v) is 4.92. The van der Waals surface area contributed by atoms with Crippen LogP contribution in [0.4, 0.5) is 4.79 Å². The zero-order valence-electron chi connectivity index (χ0n) is 9.58. The summed E-state index contributed by atoms with van der Waals surface area (Å²) < 4.78 is 0. The summed E-state index contributed by atoms with van der Waals surface area (Å²) in [6.45, 7) is 3.75. The minimum absolute atomic E-state index is 0.0838. The van der Waals surface area contributed by atoms with Crippen molar-refractivity contribution in [1.29, 1.82) is 0 Å². The Labute approximate surface area is 99.4 Å². The molecule has 1 aliphatic heterocycles. The Morgan fingerprint density at radius 2 is 2.25 bits per heavy atom. The number of nitrogens with one attached hydrogen (secondary N) is 2. The summed E-state index contributed by atoms with van der Waals surface area (Å²) in [5.74, 6) is 0.246. The van der Waals surface area contributed by atoms with Crippen LogP contribution in [0.25, 0.3) is 0 Å². The summed E-state index contributed by atoms with van der Waals surface area (Å²) in [6.07, 6.45) is 1.33. The van der Waals surface area contributed by atoms with E-state index >= 15 is 0 Å². The average molecular weight is 246 g/mol. The molecule has 0 radical (unpaired) electrons. The van der Waals surface area contributed by atoms with Crippen molar-refractivity contribution in [2.24, 2.45) is 0 Å². The van der Waals surface area contributed by atoms with Crippen LogP contribution in [0, 0.1) is 0 Å². The molecular formula is C10H18N2O3S. The van der Waals surface area contributed by atoms with Gasteiger partial charge in [0.25, 0.3) is 5.24 Å². The highest BCUT2D eigenvalue weighted by molar-refractivity contribution is 8.14. The molecule has 1 unspecified atom stereocenters. The molecule has 1 saturated heterocycles. The van der Waals surface area contributed by atoms with Crippen LogP contribution in [0.1, 0.15) is 26.7 Å². The van der Waals surface area contributed by atoms with E-state index in [1.165, 1.54) is 0 Å². The van der Waals surface area contributed by atoms with Crippen LogP contribution < -0.4 is 10.6 Å². The van der Waals surface area contributed by atoms with Crippen molar-refractivity contribution >= 4 is 22.9 Å². The summed E-state index contributed by atoms with van der Waals surface area (Å²) >= 11 is 1.11. The third-order valence-corrected chi connectivity index (χ3v) is 3.91. The highest BCUT2D eigenvalue weighted by Gasteiger charge is 2.33. The van der Waals surface area contributed by atoms with E-state index in [1.54, 1.807) is 0 Å². The number of amides is 2. The van der Waals surface area contributed by atoms with Crippen molar-refractivity contribution in [2.75, 3.05) is 12.4 Å². The number of carbonyl (C=O) groups excluding carboxylic acids is 2. The van der Waals surface area contributed by atoms with Gasteiger partial charge >= 0.3 is 0 Å². The van der Waals surface area contributed by atoms with Crippen molar-refractivity contribution in [3.8, 4) is 0 Å². The van der Waals surface area contributed by atoms with Crippen molar-refractivity contribution in [2.45, 2.75) is 38.3 Å². The number of thioether (sulfide) groups is 1. The van der Waals surface area contributed by atoms with Gasteiger partial charge in [-0.25, -0.2) is 0 Å². The van der Waals surface area contributed by atoms with Crippen molar-refractivity contribution in [3.63, 3.8) is 0 Å². The number of aliphatic hydroxyl groups excluding tert-OH is 1. The van der Waals surface area contributed by atoms with Gasteiger partial charge in [0.2, 0.25) is 5.91 Å². The Bertz CT molecular complexity index is 271. The maximum absolute atomic E-state index is 11.8. The van der Waals surface area contributed by atoms with Crippen LogP contribution in [0.3, 0.4) is 0 Å². The molecular weight excluding hydrogens is 228 g/mol. The smallest absolute Gasteiger partial charge is 0.279 e. The fourth-order valence-corrected chi connectivity index (χ4v) is 2.34. The van der Waals surface area contributed by atoms with Gasteiger partial charge in [0, 0.05) is 5.75 Å². The highest BCUT2D eigenvalue weighted by atomic mass is 32.2. The van der Waals surface area contributed by atoms with Gasteiger partial charge in [-0.05, 0) is 12.8 Å². The van der Waals surface area contributed by atoms with E-state index in [0.29, 0.717) is 18.6 Å². The van der Waals surface area contributed by atoms with Crippen LogP contribution in [0.5, 0.6) is 0 Å². The maximum atomic E-state index is 11.8. The molecule has 0 aromatic carbocycles. The van der Waals surface area contributed by atoms with Crippen LogP contribution in [0.2, 0.25) is 0 Å². The molecule has 2 amide bonds. The molecule has 0 aromatic rings. The number of carbonyl (C=O) groups is 2. The lowest BCUT2D eigenvalue weighted by Gasteiger charge is -2.31. The minimum atomic E-state index is -0.560. The van der Waals surface area contributed by atoms with E-state index in [9.17, 15) is 14.7 Å². The minimum Gasteiger partial charge on any atom is -0.394 e. The van der Waals surface area contributed by atoms with Gasteiger partial charge in [-0.15, -0.1) is 0 Å². The molecule has 92 valence electrons. The van der Waals surface area contributed by atoms with Crippen molar-refractivity contribution in [1.82, 2.24) is 10.6 Å². The fraction of sp³-hybridized carbons (Fsp3) is 0.800. The normalized spacial score (nSPS) is 20.7. The lowest BCUT2D eigenvalue weighted by atomic mass is 9.93. The number of aliphatic hydroxyl groups is 1. The van der Waals surface area contributed by atoms with E-state index in [1.807, 2.05) is 13.8 Å².